The molecule has 2 amide bonds. The van der Waals surface area contributed by atoms with E-state index in [1.54, 1.807) is 17.3 Å². The topological polar surface area (TPSA) is 85.0 Å². The highest BCUT2D eigenvalue weighted by Crippen LogP contribution is 2.25. The first-order valence-corrected chi connectivity index (χ1v) is 10.3. The Hall–Kier alpha value is -1.97. The summed E-state index contributed by atoms with van der Waals surface area (Å²) in [6.07, 6.45) is 4.72. The molecule has 1 aromatic heterocycles. The molecule has 9 heteroatoms. The fraction of sp³-hybridized carbons (Fsp3) is 0.737. The largest absolute Gasteiger partial charge is 0.380 e. The molecule has 1 unspecified atom stereocenters. The molecule has 0 radical (unpaired) electrons. The van der Waals surface area contributed by atoms with Gasteiger partial charge in [0.25, 0.3) is 0 Å². The van der Waals surface area contributed by atoms with Crippen molar-refractivity contribution < 1.29 is 14.3 Å². The fourth-order valence-electron chi connectivity index (χ4n) is 4.27. The van der Waals surface area contributed by atoms with Crippen molar-refractivity contribution in [3.63, 3.8) is 0 Å². The molecule has 0 aliphatic carbocycles. The molecule has 4 heterocycles. The third-order valence-corrected chi connectivity index (χ3v) is 6.00. The van der Waals surface area contributed by atoms with E-state index in [1.165, 1.54) is 0 Å². The number of amides is 2. The van der Waals surface area contributed by atoms with Crippen molar-refractivity contribution >= 4 is 17.5 Å². The highest BCUT2D eigenvalue weighted by Gasteiger charge is 2.38. The van der Waals surface area contributed by atoms with Crippen LogP contribution in [0, 0.1) is 5.92 Å². The van der Waals surface area contributed by atoms with Crippen molar-refractivity contribution in [3.05, 3.63) is 12.4 Å². The predicted octanol–water partition coefficient (Wildman–Crippen LogP) is -0.371. The summed E-state index contributed by atoms with van der Waals surface area (Å²) < 4.78 is 5.51. The second-order valence-electron chi connectivity index (χ2n) is 7.84. The maximum atomic E-state index is 12.9. The van der Waals surface area contributed by atoms with E-state index in [4.69, 9.17) is 4.74 Å². The Morgan fingerprint density at radius 1 is 1.11 bits per heavy atom. The summed E-state index contributed by atoms with van der Waals surface area (Å²) in [4.78, 5) is 33.7. The summed E-state index contributed by atoms with van der Waals surface area (Å²) in [6, 6.07) is 0. The van der Waals surface area contributed by atoms with Gasteiger partial charge in [0.2, 0.25) is 11.8 Å². The predicted molar refractivity (Wildman–Crippen MR) is 104 cm³/mol. The number of carbonyl (C=O) groups excluding carboxylic acids is 2. The molecule has 1 aromatic rings. The van der Waals surface area contributed by atoms with Gasteiger partial charge in [0.1, 0.15) is 0 Å². The van der Waals surface area contributed by atoms with Gasteiger partial charge in [-0.2, -0.15) is 5.10 Å². The highest BCUT2D eigenvalue weighted by atomic mass is 16.5. The van der Waals surface area contributed by atoms with Crippen LogP contribution in [0.5, 0.6) is 0 Å². The molecule has 4 rings (SSSR count). The van der Waals surface area contributed by atoms with E-state index < -0.39 is 0 Å². The van der Waals surface area contributed by atoms with E-state index in [1.807, 2.05) is 4.90 Å². The lowest BCUT2D eigenvalue weighted by Gasteiger charge is -2.36. The standard InChI is InChI=1S/C19H30N6O3/c26-18-12-16(15-25(18)17-13-20-21-14-17)19(27)24-7-5-23(6-8-24)4-3-22-2-1-10-28-11-9-22/h13-14,16H,1-12,15H2,(H,20,21). The molecule has 3 saturated heterocycles. The van der Waals surface area contributed by atoms with Crippen LogP contribution in [-0.4, -0.2) is 109 Å². The highest BCUT2D eigenvalue weighted by molar-refractivity contribution is 6.00. The smallest absolute Gasteiger partial charge is 0.228 e. The zero-order valence-electron chi connectivity index (χ0n) is 16.4. The molecule has 9 nitrogen and oxygen atoms in total. The zero-order chi connectivity index (χ0) is 19.3. The van der Waals surface area contributed by atoms with E-state index in [0.29, 0.717) is 13.0 Å². The number of anilines is 1. The third-order valence-electron chi connectivity index (χ3n) is 6.00. The number of nitrogens with zero attached hydrogens (tertiary/aromatic N) is 5. The quantitative estimate of drug-likeness (QED) is 0.738. The maximum Gasteiger partial charge on any atom is 0.228 e. The first-order valence-electron chi connectivity index (χ1n) is 10.3. The van der Waals surface area contributed by atoms with Gasteiger partial charge < -0.3 is 14.5 Å². The number of hydrogen-bond donors (Lipinski definition) is 1. The fourth-order valence-corrected chi connectivity index (χ4v) is 4.27. The number of hydrogen-bond acceptors (Lipinski definition) is 6. The van der Waals surface area contributed by atoms with E-state index in [2.05, 4.69) is 20.0 Å². The summed E-state index contributed by atoms with van der Waals surface area (Å²) in [5, 5.41) is 6.62. The van der Waals surface area contributed by atoms with Gasteiger partial charge in [-0.25, -0.2) is 0 Å². The van der Waals surface area contributed by atoms with Gasteiger partial charge in [-0.15, -0.1) is 0 Å². The number of ether oxygens (including phenoxy) is 1. The number of piperazine rings is 1. The molecule has 0 spiro atoms. The van der Waals surface area contributed by atoms with Crippen molar-refractivity contribution in [2.24, 2.45) is 5.92 Å². The van der Waals surface area contributed by atoms with Crippen LogP contribution >= 0.6 is 0 Å². The van der Waals surface area contributed by atoms with Crippen molar-refractivity contribution in [1.29, 1.82) is 0 Å². The van der Waals surface area contributed by atoms with Gasteiger partial charge in [-0.05, 0) is 6.42 Å². The van der Waals surface area contributed by atoms with Crippen LogP contribution in [0.15, 0.2) is 12.4 Å². The number of rotatable bonds is 5. The Bertz CT molecular complexity index is 651. The number of nitrogens with one attached hydrogen (secondary N) is 1. The Morgan fingerprint density at radius 3 is 2.64 bits per heavy atom. The molecule has 28 heavy (non-hydrogen) atoms. The first-order chi connectivity index (χ1) is 13.7. The van der Waals surface area contributed by atoms with Crippen molar-refractivity contribution in [3.8, 4) is 0 Å². The second kappa shape index (κ2) is 9.02. The molecule has 3 aliphatic heterocycles. The van der Waals surface area contributed by atoms with E-state index in [0.717, 1.165) is 77.7 Å². The first kappa shape index (κ1) is 19.4. The van der Waals surface area contributed by atoms with Gasteiger partial charge in [-0.3, -0.25) is 24.5 Å². The normalized spacial score (nSPS) is 25.3. The Morgan fingerprint density at radius 2 is 1.89 bits per heavy atom. The summed E-state index contributed by atoms with van der Waals surface area (Å²) in [6.45, 7) is 9.70. The van der Waals surface area contributed by atoms with E-state index >= 15 is 0 Å². The van der Waals surface area contributed by atoms with Gasteiger partial charge in [0.05, 0.1) is 24.4 Å². The van der Waals surface area contributed by atoms with Crippen molar-refractivity contribution in [2.75, 3.05) is 77.0 Å². The Kier molecular flexibility index (Phi) is 6.23. The van der Waals surface area contributed by atoms with Gasteiger partial charge >= 0.3 is 0 Å². The van der Waals surface area contributed by atoms with Crippen LogP contribution in [-0.2, 0) is 14.3 Å². The molecular weight excluding hydrogens is 360 g/mol. The van der Waals surface area contributed by atoms with Crippen LogP contribution in [0.25, 0.3) is 0 Å². The molecule has 1 N–H and O–H groups in total. The van der Waals surface area contributed by atoms with Crippen molar-refractivity contribution in [1.82, 2.24) is 24.9 Å². The molecule has 0 bridgehead atoms. The van der Waals surface area contributed by atoms with Crippen LogP contribution in [0.4, 0.5) is 5.69 Å². The van der Waals surface area contributed by atoms with Gasteiger partial charge in [0.15, 0.2) is 0 Å². The SMILES string of the molecule is O=C(C1CC(=O)N(c2cn[nH]c2)C1)N1CCN(CCN2CCCOCC2)CC1. The maximum absolute atomic E-state index is 12.9. The summed E-state index contributed by atoms with van der Waals surface area (Å²) in [7, 11) is 0. The Labute approximate surface area is 165 Å². The second-order valence-corrected chi connectivity index (χ2v) is 7.84. The molecule has 0 aromatic carbocycles. The van der Waals surface area contributed by atoms with Crippen LogP contribution in [0.2, 0.25) is 0 Å². The number of H-pyrrole nitrogens is 1. The summed E-state index contributed by atoms with van der Waals surface area (Å²) in [5.41, 5.74) is 0.740. The Balaban J connectivity index is 1.21. The number of carbonyl (C=O) groups is 2. The molecule has 3 fully saturated rings. The zero-order valence-corrected chi connectivity index (χ0v) is 16.4. The third kappa shape index (κ3) is 4.53. The van der Waals surface area contributed by atoms with Gasteiger partial charge in [0, 0.05) is 78.1 Å². The molecule has 3 aliphatic rings. The number of aromatic amines is 1. The lowest BCUT2D eigenvalue weighted by atomic mass is 10.1. The molecule has 0 saturated carbocycles. The van der Waals surface area contributed by atoms with E-state index in [9.17, 15) is 9.59 Å². The summed E-state index contributed by atoms with van der Waals surface area (Å²) in [5.74, 6) is -0.130. The average molecular weight is 390 g/mol. The number of aromatic nitrogens is 2. The minimum atomic E-state index is -0.244. The van der Waals surface area contributed by atoms with Gasteiger partial charge in [-0.1, -0.05) is 0 Å². The minimum Gasteiger partial charge on any atom is -0.380 e. The lowest BCUT2D eigenvalue weighted by molar-refractivity contribution is -0.137. The summed E-state index contributed by atoms with van der Waals surface area (Å²) >= 11 is 0. The molecular formula is C19H30N6O3. The van der Waals surface area contributed by atoms with Crippen LogP contribution < -0.4 is 4.90 Å². The van der Waals surface area contributed by atoms with Crippen molar-refractivity contribution in [2.45, 2.75) is 12.8 Å². The lowest BCUT2D eigenvalue weighted by Crippen LogP contribution is -2.52. The van der Waals surface area contributed by atoms with Crippen LogP contribution in [0.3, 0.4) is 0 Å². The average Bonchev–Trinajstić information content (AvgIpc) is 3.30. The van der Waals surface area contributed by atoms with Crippen LogP contribution in [0.1, 0.15) is 12.8 Å². The molecule has 1 atom stereocenters. The molecule has 154 valence electrons. The monoisotopic (exact) mass is 390 g/mol. The minimum absolute atomic E-state index is 0.000171. The van der Waals surface area contributed by atoms with E-state index in [-0.39, 0.29) is 17.7 Å².